The Hall–Kier alpha value is -0.705. The lowest BCUT2D eigenvalue weighted by Crippen LogP contribution is -2.41. The Morgan fingerprint density at radius 2 is 1.70 bits per heavy atom. The van der Waals surface area contributed by atoms with Crippen LogP contribution in [0.15, 0.2) is 18.2 Å². The van der Waals surface area contributed by atoms with Crippen LogP contribution in [-0.4, -0.2) is 24.3 Å². The molecular weight excluding hydrogens is 272 g/mol. The lowest BCUT2D eigenvalue weighted by Gasteiger charge is -2.32. The van der Waals surface area contributed by atoms with Gasteiger partial charge in [0.15, 0.2) is 0 Å². The van der Waals surface area contributed by atoms with Crippen LogP contribution in [0.4, 0.5) is 5.69 Å². The Morgan fingerprint density at radius 3 is 2.20 bits per heavy atom. The first kappa shape index (κ1) is 15.7. The summed E-state index contributed by atoms with van der Waals surface area (Å²) in [6.07, 6.45) is 0. The molecule has 1 aromatic rings. The Labute approximate surface area is 127 Å². The fraction of sp³-hybridized carbons (Fsp3) is 0.600. The molecule has 110 valence electrons. The first-order chi connectivity index (χ1) is 9.14. The van der Waals surface area contributed by atoms with Crippen LogP contribution in [0.1, 0.15) is 40.2 Å². The maximum atomic E-state index is 6.25. The van der Waals surface area contributed by atoms with Crippen molar-refractivity contribution in [2.75, 3.05) is 5.32 Å². The third-order valence-electron chi connectivity index (χ3n) is 4.27. The number of halogens is 1. The van der Waals surface area contributed by atoms with Crippen LogP contribution in [0.5, 0.6) is 0 Å². The molecule has 1 aliphatic heterocycles. The van der Waals surface area contributed by atoms with Crippen LogP contribution in [0.25, 0.3) is 0 Å². The molecule has 0 radical (unpaired) electrons. The van der Waals surface area contributed by atoms with E-state index in [1.807, 2.05) is 32.0 Å². The summed E-state index contributed by atoms with van der Waals surface area (Å²) in [5.41, 5.74) is 1.42. The van der Waals surface area contributed by atoms with Crippen LogP contribution in [0, 0.1) is 6.92 Å². The van der Waals surface area contributed by atoms with E-state index in [4.69, 9.17) is 20.9 Å². The van der Waals surface area contributed by atoms with Crippen molar-refractivity contribution in [1.82, 2.24) is 0 Å². The number of nitrogens with one attached hydrogen (secondary N) is 1. The second-order valence-corrected chi connectivity index (χ2v) is 6.90. The van der Waals surface area contributed by atoms with Crippen molar-refractivity contribution in [1.29, 1.82) is 0 Å². The summed E-state index contributed by atoms with van der Waals surface area (Å²) in [4.78, 5) is 0. The zero-order valence-electron chi connectivity index (χ0n) is 13.1. The molecule has 1 N–H and O–H groups in total. The highest BCUT2D eigenvalue weighted by molar-refractivity contribution is 6.48. The fourth-order valence-electron chi connectivity index (χ4n) is 2.20. The molecule has 5 heteroatoms. The summed E-state index contributed by atoms with van der Waals surface area (Å²) in [7, 11) is -0.296. The number of hydrogen-bond donors (Lipinski definition) is 1. The highest BCUT2D eigenvalue weighted by Crippen LogP contribution is 2.38. The molecule has 1 aliphatic rings. The van der Waals surface area contributed by atoms with Crippen molar-refractivity contribution in [3.63, 3.8) is 0 Å². The molecule has 0 saturated carbocycles. The van der Waals surface area contributed by atoms with E-state index >= 15 is 0 Å². The van der Waals surface area contributed by atoms with Crippen molar-refractivity contribution in [3.05, 3.63) is 28.8 Å². The lowest BCUT2D eigenvalue weighted by atomic mass is 9.79. The van der Waals surface area contributed by atoms with Crippen LogP contribution >= 0.6 is 11.6 Å². The second-order valence-electron chi connectivity index (χ2n) is 6.49. The predicted octanol–water partition coefficient (Wildman–Crippen LogP) is 4.08. The monoisotopic (exact) mass is 295 g/mol. The summed E-state index contributed by atoms with van der Waals surface area (Å²) in [5.74, 6) is 0.00894. The molecule has 1 atom stereocenters. The molecule has 20 heavy (non-hydrogen) atoms. The van der Waals surface area contributed by atoms with Gasteiger partial charge in [0.2, 0.25) is 0 Å². The molecule has 3 nitrogen and oxygen atoms in total. The smallest absolute Gasteiger partial charge is 0.402 e. The van der Waals surface area contributed by atoms with Gasteiger partial charge >= 0.3 is 7.12 Å². The summed E-state index contributed by atoms with van der Waals surface area (Å²) in [6.45, 7) is 12.3. The maximum absolute atomic E-state index is 6.25. The zero-order chi connectivity index (χ0) is 15.1. The normalized spacial score (nSPS) is 21.9. The minimum atomic E-state index is -0.316. The van der Waals surface area contributed by atoms with Gasteiger partial charge in [-0.25, -0.2) is 0 Å². The number of rotatable bonds is 3. The predicted molar refractivity (Wildman–Crippen MR) is 85.4 cm³/mol. The highest BCUT2D eigenvalue weighted by atomic mass is 35.5. The zero-order valence-corrected chi connectivity index (χ0v) is 13.8. The van der Waals surface area contributed by atoms with Crippen LogP contribution in [-0.2, 0) is 9.31 Å². The van der Waals surface area contributed by atoms with Crippen molar-refractivity contribution >= 4 is 24.4 Å². The number of anilines is 1. The minimum Gasteiger partial charge on any atom is -0.402 e. The fourth-order valence-corrected chi connectivity index (χ4v) is 2.48. The Bertz CT molecular complexity index is 468. The maximum Gasteiger partial charge on any atom is 0.481 e. The number of benzene rings is 1. The summed E-state index contributed by atoms with van der Waals surface area (Å²) in [5, 5.41) is 4.13. The van der Waals surface area contributed by atoms with Gasteiger partial charge in [0.25, 0.3) is 0 Å². The van der Waals surface area contributed by atoms with Crippen LogP contribution < -0.4 is 5.32 Å². The molecule has 2 rings (SSSR count). The molecule has 1 fully saturated rings. The lowest BCUT2D eigenvalue weighted by molar-refractivity contribution is 0.00578. The molecule has 0 bridgehead atoms. The van der Waals surface area contributed by atoms with Crippen molar-refractivity contribution in [2.24, 2.45) is 0 Å². The number of hydrogen-bond acceptors (Lipinski definition) is 3. The van der Waals surface area contributed by atoms with Gasteiger partial charge in [-0.1, -0.05) is 23.7 Å². The average Bonchev–Trinajstić information content (AvgIpc) is 2.53. The van der Waals surface area contributed by atoms with E-state index in [1.165, 1.54) is 0 Å². The largest absolute Gasteiger partial charge is 0.481 e. The standard InChI is InChI=1S/C15H23BClNO2/c1-10-8-7-9-12(17)13(10)18-11(2)16-19-14(3,4)15(5,6)20-16/h7-9,11,18H,1-6H3. The van der Waals surface area contributed by atoms with Gasteiger partial charge in [0, 0.05) is 0 Å². The first-order valence-electron chi connectivity index (χ1n) is 7.01. The van der Waals surface area contributed by atoms with Gasteiger partial charge in [-0.2, -0.15) is 0 Å². The molecule has 0 aromatic heterocycles. The molecule has 1 saturated heterocycles. The summed E-state index contributed by atoms with van der Waals surface area (Å²) >= 11 is 6.25. The topological polar surface area (TPSA) is 30.5 Å². The van der Waals surface area contributed by atoms with Gasteiger partial charge in [-0.15, -0.1) is 0 Å². The van der Waals surface area contributed by atoms with E-state index in [2.05, 4.69) is 33.0 Å². The minimum absolute atomic E-state index is 0.00894. The van der Waals surface area contributed by atoms with Gasteiger partial charge in [0.05, 0.1) is 27.9 Å². The van der Waals surface area contributed by atoms with E-state index in [1.54, 1.807) is 0 Å². The molecule has 0 amide bonds. The van der Waals surface area contributed by atoms with Gasteiger partial charge in [0.1, 0.15) is 0 Å². The van der Waals surface area contributed by atoms with E-state index in [0.717, 1.165) is 11.3 Å². The number of aryl methyl sites for hydroxylation is 1. The Kier molecular flexibility index (Phi) is 4.11. The third kappa shape index (κ3) is 2.83. The van der Waals surface area contributed by atoms with Crippen molar-refractivity contribution in [3.8, 4) is 0 Å². The van der Waals surface area contributed by atoms with Gasteiger partial charge < -0.3 is 14.6 Å². The van der Waals surface area contributed by atoms with E-state index in [-0.39, 0.29) is 24.3 Å². The molecule has 0 aliphatic carbocycles. The summed E-state index contributed by atoms with van der Waals surface area (Å²) in [6, 6.07) is 5.86. The quantitative estimate of drug-likeness (QED) is 0.852. The summed E-state index contributed by atoms with van der Waals surface area (Å²) < 4.78 is 12.1. The second kappa shape index (κ2) is 5.25. The van der Waals surface area contributed by atoms with Crippen molar-refractivity contribution in [2.45, 2.75) is 58.7 Å². The van der Waals surface area contributed by atoms with Gasteiger partial charge in [-0.3, -0.25) is 0 Å². The van der Waals surface area contributed by atoms with E-state index in [9.17, 15) is 0 Å². The van der Waals surface area contributed by atoms with Gasteiger partial charge in [-0.05, 0) is 53.2 Å². The molecular formula is C15H23BClNO2. The highest BCUT2D eigenvalue weighted by Gasteiger charge is 2.53. The Balaban J connectivity index is 2.13. The SMILES string of the molecule is Cc1cccc(Cl)c1NC(C)B1OC(C)(C)C(C)(C)O1. The Morgan fingerprint density at radius 1 is 1.15 bits per heavy atom. The van der Waals surface area contributed by atoms with Crippen LogP contribution in [0.3, 0.4) is 0 Å². The molecule has 1 unspecified atom stereocenters. The molecule has 1 heterocycles. The molecule has 1 aromatic carbocycles. The third-order valence-corrected chi connectivity index (χ3v) is 4.59. The average molecular weight is 296 g/mol. The van der Waals surface area contributed by atoms with E-state index < -0.39 is 0 Å². The number of para-hydroxylation sites is 1. The van der Waals surface area contributed by atoms with Crippen LogP contribution in [0.2, 0.25) is 5.02 Å². The van der Waals surface area contributed by atoms with E-state index in [0.29, 0.717) is 5.02 Å². The first-order valence-corrected chi connectivity index (χ1v) is 7.39. The molecule has 0 spiro atoms. The van der Waals surface area contributed by atoms with Crippen molar-refractivity contribution < 1.29 is 9.31 Å².